The fourth-order valence-electron chi connectivity index (χ4n) is 1.51. The van der Waals surface area contributed by atoms with E-state index in [-0.39, 0.29) is 5.91 Å². The molecule has 1 amide bonds. The van der Waals surface area contributed by atoms with Gasteiger partial charge in [0.15, 0.2) is 0 Å². The maximum Gasteiger partial charge on any atom is 0.240 e. The van der Waals surface area contributed by atoms with E-state index in [1.165, 1.54) is 0 Å². The zero-order chi connectivity index (χ0) is 10.4. The van der Waals surface area contributed by atoms with Crippen molar-refractivity contribution >= 4 is 5.91 Å². The molecule has 0 aliphatic heterocycles. The lowest BCUT2D eigenvalue weighted by molar-refractivity contribution is -0.129. The lowest BCUT2D eigenvalue weighted by Crippen LogP contribution is -2.58. The van der Waals surface area contributed by atoms with Gasteiger partial charge in [-0.05, 0) is 32.1 Å². The second-order valence-corrected chi connectivity index (χ2v) is 3.93. The molecule has 1 fully saturated rings. The number of carbonyl (C=O) groups excluding carboxylic acids is 1. The molecule has 3 heteroatoms. The number of unbranched alkanes of at least 4 members (excludes halogenated alkanes) is 2. The van der Waals surface area contributed by atoms with Crippen molar-refractivity contribution in [1.29, 1.82) is 0 Å². The van der Waals surface area contributed by atoms with Crippen molar-refractivity contribution in [3.05, 3.63) is 0 Å². The van der Waals surface area contributed by atoms with E-state index in [4.69, 9.17) is 12.2 Å². The van der Waals surface area contributed by atoms with Crippen LogP contribution in [0.25, 0.3) is 0 Å². The normalized spacial score (nSPS) is 18.0. The van der Waals surface area contributed by atoms with Crippen LogP contribution in [0.5, 0.6) is 0 Å². The summed E-state index contributed by atoms with van der Waals surface area (Å²) in [6.45, 7) is 0.694. The minimum Gasteiger partial charge on any atom is -0.355 e. The number of nitrogens with two attached hydrogens (primary N) is 1. The Morgan fingerprint density at radius 3 is 2.71 bits per heavy atom. The summed E-state index contributed by atoms with van der Waals surface area (Å²) in [6, 6.07) is 0. The molecule has 1 saturated carbocycles. The number of hydrogen-bond acceptors (Lipinski definition) is 2. The molecular formula is C11H18N2O. The number of terminal acetylenes is 1. The van der Waals surface area contributed by atoms with Crippen LogP contribution < -0.4 is 11.1 Å². The zero-order valence-electron chi connectivity index (χ0n) is 8.51. The van der Waals surface area contributed by atoms with Crippen molar-refractivity contribution in [3.8, 4) is 12.3 Å². The molecule has 0 radical (unpaired) electrons. The maximum atomic E-state index is 11.5. The minimum absolute atomic E-state index is 0.00413. The average molecular weight is 194 g/mol. The van der Waals surface area contributed by atoms with Crippen LogP contribution in [0.4, 0.5) is 0 Å². The van der Waals surface area contributed by atoms with Crippen molar-refractivity contribution in [1.82, 2.24) is 5.32 Å². The summed E-state index contributed by atoms with van der Waals surface area (Å²) in [5.74, 6) is 2.58. The SMILES string of the molecule is C#CCCCCNC(=O)C1(N)CCC1. The molecule has 1 aliphatic rings. The van der Waals surface area contributed by atoms with Gasteiger partial charge in [-0.15, -0.1) is 12.3 Å². The third kappa shape index (κ3) is 2.74. The van der Waals surface area contributed by atoms with Crippen LogP contribution >= 0.6 is 0 Å². The molecule has 3 nitrogen and oxygen atoms in total. The van der Waals surface area contributed by atoms with Crippen molar-refractivity contribution in [2.75, 3.05) is 6.54 Å². The molecule has 0 unspecified atom stereocenters. The summed E-state index contributed by atoms with van der Waals surface area (Å²) >= 11 is 0. The van der Waals surface area contributed by atoms with Gasteiger partial charge in [0.05, 0.1) is 5.54 Å². The molecule has 0 atom stereocenters. The summed E-state index contributed by atoms with van der Waals surface area (Å²) < 4.78 is 0. The van der Waals surface area contributed by atoms with Crippen molar-refractivity contribution in [2.45, 2.75) is 44.1 Å². The topological polar surface area (TPSA) is 55.1 Å². The maximum absolute atomic E-state index is 11.5. The van der Waals surface area contributed by atoms with Gasteiger partial charge in [0.1, 0.15) is 0 Å². The molecule has 0 aromatic heterocycles. The van der Waals surface area contributed by atoms with Crippen LogP contribution in [0.15, 0.2) is 0 Å². The lowest BCUT2D eigenvalue weighted by Gasteiger charge is -2.36. The summed E-state index contributed by atoms with van der Waals surface area (Å²) in [7, 11) is 0. The molecular weight excluding hydrogens is 176 g/mol. The van der Waals surface area contributed by atoms with E-state index < -0.39 is 5.54 Å². The van der Waals surface area contributed by atoms with E-state index in [9.17, 15) is 4.79 Å². The predicted molar refractivity (Wildman–Crippen MR) is 56.5 cm³/mol. The number of rotatable bonds is 5. The third-order valence-electron chi connectivity index (χ3n) is 2.73. The Labute approximate surface area is 85.4 Å². The standard InChI is InChI=1S/C11H18N2O/c1-2-3-4-5-9-13-10(14)11(12)7-6-8-11/h1H,3-9,12H2,(H,13,14). The van der Waals surface area contributed by atoms with Crippen LogP contribution in [0.2, 0.25) is 0 Å². The molecule has 1 aliphatic carbocycles. The zero-order valence-corrected chi connectivity index (χ0v) is 8.51. The Kier molecular flexibility index (Phi) is 3.97. The quantitative estimate of drug-likeness (QED) is 0.502. The monoisotopic (exact) mass is 194 g/mol. The highest BCUT2D eigenvalue weighted by Gasteiger charge is 2.39. The second-order valence-electron chi connectivity index (χ2n) is 3.93. The van der Waals surface area contributed by atoms with E-state index in [2.05, 4.69) is 11.2 Å². The highest BCUT2D eigenvalue weighted by molar-refractivity contribution is 5.86. The predicted octanol–water partition coefficient (Wildman–Crippen LogP) is 0.787. The molecule has 0 aromatic rings. The van der Waals surface area contributed by atoms with Gasteiger partial charge in [-0.1, -0.05) is 0 Å². The van der Waals surface area contributed by atoms with E-state index >= 15 is 0 Å². The minimum atomic E-state index is -0.563. The molecule has 0 aromatic carbocycles. The molecule has 78 valence electrons. The van der Waals surface area contributed by atoms with Crippen LogP contribution in [-0.2, 0) is 4.79 Å². The average Bonchev–Trinajstić information content (AvgIpc) is 2.13. The first kappa shape index (κ1) is 11.1. The van der Waals surface area contributed by atoms with Gasteiger partial charge in [-0.25, -0.2) is 0 Å². The Morgan fingerprint density at radius 1 is 1.50 bits per heavy atom. The highest BCUT2D eigenvalue weighted by atomic mass is 16.2. The Balaban J connectivity index is 2.07. The smallest absolute Gasteiger partial charge is 0.240 e. The van der Waals surface area contributed by atoms with E-state index in [0.29, 0.717) is 6.54 Å². The molecule has 1 rings (SSSR count). The van der Waals surface area contributed by atoms with Crippen LogP contribution in [0.3, 0.4) is 0 Å². The van der Waals surface area contributed by atoms with E-state index in [1.807, 2.05) is 0 Å². The number of amides is 1. The van der Waals surface area contributed by atoms with Crippen LogP contribution in [0.1, 0.15) is 38.5 Å². The van der Waals surface area contributed by atoms with Gasteiger partial charge < -0.3 is 11.1 Å². The number of carbonyl (C=O) groups is 1. The Morgan fingerprint density at radius 2 is 2.21 bits per heavy atom. The summed E-state index contributed by atoms with van der Waals surface area (Å²) in [6.07, 6.45) is 10.5. The first-order valence-corrected chi connectivity index (χ1v) is 5.20. The lowest BCUT2D eigenvalue weighted by atomic mass is 9.77. The summed E-state index contributed by atoms with van der Waals surface area (Å²) in [5.41, 5.74) is 5.28. The summed E-state index contributed by atoms with van der Waals surface area (Å²) in [5, 5.41) is 2.85. The third-order valence-corrected chi connectivity index (χ3v) is 2.73. The first-order valence-electron chi connectivity index (χ1n) is 5.20. The van der Waals surface area contributed by atoms with Crippen molar-refractivity contribution in [2.24, 2.45) is 5.73 Å². The van der Waals surface area contributed by atoms with Crippen molar-refractivity contribution < 1.29 is 4.79 Å². The largest absolute Gasteiger partial charge is 0.355 e. The van der Waals surface area contributed by atoms with Gasteiger partial charge in [-0.2, -0.15) is 0 Å². The Hall–Kier alpha value is -1.01. The molecule has 0 bridgehead atoms. The molecule has 0 spiro atoms. The van der Waals surface area contributed by atoms with Crippen LogP contribution in [0, 0.1) is 12.3 Å². The first-order chi connectivity index (χ1) is 6.69. The summed E-state index contributed by atoms with van der Waals surface area (Å²) in [4.78, 5) is 11.5. The number of hydrogen-bond donors (Lipinski definition) is 2. The van der Waals surface area contributed by atoms with Gasteiger partial charge in [-0.3, -0.25) is 4.79 Å². The van der Waals surface area contributed by atoms with Crippen LogP contribution in [-0.4, -0.2) is 18.0 Å². The highest BCUT2D eigenvalue weighted by Crippen LogP contribution is 2.28. The van der Waals surface area contributed by atoms with Crippen molar-refractivity contribution in [3.63, 3.8) is 0 Å². The fraction of sp³-hybridized carbons (Fsp3) is 0.727. The number of nitrogens with one attached hydrogen (secondary N) is 1. The van der Waals surface area contributed by atoms with Gasteiger partial charge >= 0.3 is 0 Å². The van der Waals surface area contributed by atoms with Gasteiger partial charge in [0, 0.05) is 13.0 Å². The van der Waals surface area contributed by atoms with E-state index in [1.54, 1.807) is 0 Å². The second kappa shape index (κ2) is 5.02. The molecule has 14 heavy (non-hydrogen) atoms. The molecule has 0 heterocycles. The Bertz CT molecular complexity index is 238. The molecule has 0 saturated heterocycles. The fourth-order valence-corrected chi connectivity index (χ4v) is 1.51. The van der Waals surface area contributed by atoms with E-state index in [0.717, 1.165) is 38.5 Å². The molecule has 3 N–H and O–H groups in total. The van der Waals surface area contributed by atoms with Gasteiger partial charge in [0.25, 0.3) is 0 Å². The van der Waals surface area contributed by atoms with Gasteiger partial charge in [0.2, 0.25) is 5.91 Å².